The predicted molar refractivity (Wildman–Crippen MR) is 127 cm³/mol. The molecule has 2 aromatic heterocycles. The predicted octanol–water partition coefficient (Wildman–Crippen LogP) is 4.54. The quantitative estimate of drug-likeness (QED) is 0.381. The molecule has 32 heavy (non-hydrogen) atoms. The summed E-state index contributed by atoms with van der Waals surface area (Å²) in [6.07, 6.45) is 2.89. The first-order valence-electron chi connectivity index (χ1n) is 10.5. The van der Waals surface area contributed by atoms with Crippen molar-refractivity contribution in [2.75, 3.05) is 12.4 Å². The summed E-state index contributed by atoms with van der Waals surface area (Å²) in [5.74, 6) is 1.98. The number of hydrogen-bond acceptors (Lipinski definition) is 6. The fourth-order valence-electron chi connectivity index (χ4n) is 3.44. The molecule has 0 aliphatic carbocycles. The van der Waals surface area contributed by atoms with Crippen LogP contribution in [0, 0.1) is 13.8 Å². The molecule has 1 atom stereocenters. The highest BCUT2D eigenvalue weighted by Crippen LogP contribution is 2.25. The lowest BCUT2D eigenvalue weighted by Gasteiger charge is -2.14. The van der Waals surface area contributed by atoms with Gasteiger partial charge in [-0.25, -0.2) is 0 Å². The largest absolute Gasteiger partial charge is 0.491 e. The van der Waals surface area contributed by atoms with Crippen LogP contribution in [0.5, 0.6) is 5.75 Å². The maximum atomic E-state index is 10.5. The lowest BCUT2D eigenvalue weighted by molar-refractivity contribution is 0.126. The highest BCUT2D eigenvalue weighted by Gasteiger charge is 2.17. The second-order valence-electron chi connectivity index (χ2n) is 7.72. The van der Waals surface area contributed by atoms with Gasteiger partial charge in [-0.3, -0.25) is 9.55 Å². The van der Waals surface area contributed by atoms with Crippen LogP contribution in [-0.4, -0.2) is 43.3 Å². The average Bonchev–Trinajstić information content (AvgIpc) is 3.19. The molecule has 0 bridgehead atoms. The van der Waals surface area contributed by atoms with Gasteiger partial charge in [0.1, 0.15) is 12.4 Å². The van der Waals surface area contributed by atoms with E-state index in [-0.39, 0.29) is 6.61 Å². The monoisotopic (exact) mass is 446 g/mol. The minimum atomic E-state index is -0.635. The normalized spacial score (nSPS) is 12.0. The van der Waals surface area contributed by atoms with E-state index in [1.165, 1.54) is 11.8 Å². The molecule has 4 aromatic rings. The van der Waals surface area contributed by atoms with Crippen molar-refractivity contribution in [1.29, 1.82) is 0 Å². The van der Waals surface area contributed by atoms with Gasteiger partial charge in [0.2, 0.25) is 0 Å². The van der Waals surface area contributed by atoms with Gasteiger partial charge in [0, 0.05) is 23.7 Å². The zero-order chi connectivity index (χ0) is 22.3. The summed E-state index contributed by atoms with van der Waals surface area (Å²) in [7, 11) is 0. The number of nitrogens with zero attached hydrogens (tertiary/aromatic N) is 4. The molecule has 0 fully saturated rings. The molecule has 2 heterocycles. The number of aliphatic hydroxyl groups is 1. The Hall–Kier alpha value is -3.16. The van der Waals surface area contributed by atoms with Crippen LogP contribution in [0.1, 0.15) is 16.7 Å². The van der Waals surface area contributed by atoms with Crippen molar-refractivity contribution in [3.8, 4) is 17.1 Å². The summed E-state index contributed by atoms with van der Waals surface area (Å²) >= 11 is 1.47. The first-order valence-corrected chi connectivity index (χ1v) is 11.5. The Morgan fingerprint density at radius 2 is 1.78 bits per heavy atom. The van der Waals surface area contributed by atoms with Gasteiger partial charge < -0.3 is 9.84 Å². The van der Waals surface area contributed by atoms with Crippen LogP contribution in [0.2, 0.25) is 0 Å². The van der Waals surface area contributed by atoms with Gasteiger partial charge in [0.15, 0.2) is 11.0 Å². The molecule has 0 saturated heterocycles. The van der Waals surface area contributed by atoms with Gasteiger partial charge >= 0.3 is 0 Å². The molecular formula is C25H26N4O2S. The highest BCUT2D eigenvalue weighted by molar-refractivity contribution is 7.99. The number of rotatable bonds is 9. The van der Waals surface area contributed by atoms with Crippen molar-refractivity contribution in [1.82, 2.24) is 19.7 Å². The van der Waals surface area contributed by atoms with E-state index in [9.17, 15) is 5.11 Å². The molecule has 0 radical (unpaired) electrons. The molecule has 0 aliphatic rings. The summed E-state index contributed by atoms with van der Waals surface area (Å²) in [5, 5.41) is 20.1. The van der Waals surface area contributed by atoms with Crippen molar-refractivity contribution in [3.63, 3.8) is 0 Å². The molecule has 6 nitrogen and oxygen atoms in total. The van der Waals surface area contributed by atoms with Gasteiger partial charge in [0.05, 0.1) is 12.6 Å². The Morgan fingerprint density at radius 3 is 2.50 bits per heavy atom. The number of aryl methyl sites for hydroxylation is 2. The van der Waals surface area contributed by atoms with E-state index in [1.54, 1.807) is 12.4 Å². The molecule has 2 aromatic carbocycles. The molecule has 0 saturated carbocycles. The maximum absolute atomic E-state index is 10.5. The number of pyridine rings is 1. The van der Waals surface area contributed by atoms with Crippen molar-refractivity contribution in [3.05, 3.63) is 89.7 Å². The third kappa shape index (κ3) is 5.75. The van der Waals surface area contributed by atoms with Crippen LogP contribution in [0.4, 0.5) is 0 Å². The van der Waals surface area contributed by atoms with Crippen molar-refractivity contribution in [2.24, 2.45) is 0 Å². The Morgan fingerprint density at radius 1 is 1.00 bits per heavy atom. The number of hydrogen-bond donors (Lipinski definition) is 1. The Labute approximate surface area is 192 Å². The molecule has 4 rings (SSSR count). The van der Waals surface area contributed by atoms with Crippen molar-refractivity contribution < 1.29 is 9.84 Å². The summed E-state index contributed by atoms with van der Waals surface area (Å²) in [6.45, 7) is 4.92. The molecule has 164 valence electrons. The number of benzene rings is 2. The van der Waals surface area contributed by atoms with Gasteiger partial charge in [-0.2, -0.15) is 0 Å². The molecular weight excluding hydrogens is 420 g/mol. The SMILES string of the molecule is Cc1cc(C)cc(OCC(O)CSc2nnc(-c3cccnc3)n2Cc2ccccc2)c1. The topological polar surface area (TPSA) is 73.1 Å². The maximum Gasteiger partial charge on any atom is 0.191 e. The molecule has 0 aliphatic heterocycles. The summed E-state index contributed by atoms with van der Waals surface area (Å²) in [6, 6.07) is 20.1. The van der Waals surface area contributed by atoms with Crippen LogP contribution in [0.15, 0.2) is 78.2 Å². The van der Waals surface area contributed by atoms with Crippen molar-refractivity contribution in [2.45, 2.75) is 31.7 Å². The van der Waals surface area contributed by atoms with Crippen LogP contribution in [0.25, 0.3) is 11.4 Å². The summed E-state index contributed by atoms with van der Waals surface area (Å²) in [5.41, 5.74) is 4.33. The van der Waals surface area contributed by atoms with E-state index < -0.39 is 6.10 Å². The molecule has 0 amide bonds. The van der Waals surface area contributed by atoms with Gasteiger partial charge in [-0.05, 0) is 54.8 Å². The van der Waals surface area contributed by atoms with Crippen molar-refractivity contribution >= 4 is 11.8 Å². The standard InChI is InChI=1S/C25H26N4O2S/c1-18-11-19(2)13-23(12-18)31-16-22(30)17-32-25-28-27-24(21-9-6-10-26-14-21)29(25)15-20-7-4-3-5-8-20/h3-14,22,30H,15-17H2,1-2H3. The van der Waals surface area contributed by atoms with Crippen LogP contribution >= 0.6 is 11.8 Å². The smallest absolute Gasteiger partial charge is 0.191 e. The van der Waals surface area contributed by atoms with Crippen LogP contribution in [-0.2, 0) is 6.54 Å². The third-order valence-corrected chi connectivity index (χ3v) is 5.97. The summed E-state index contributed by atoms with van der Waals surface area (Å²) < 4.78 is 7.87. The van der Waals surface area contributed by atoms with E-state index in [2.05, 4.69) is 37.9 Å². The first-order chi connectivity index (χ1) is 15.6. The van der Waals surface area contributed by atoms with E-state index in [0.29, 0.717) is 12.3 Å². The second-order valence-corrected chi connectivity index (χ2v) is 8.71. The Balaban J connectivity index is 1.46. The average molecular weight is 447 g/mol. The first kappa shape index (κ1) is 22.0. The molecule has 1 unspecified atom stereocenters. The fourth-order valence-corrected chi connectivity index (χ4v) is 4.28. The Bertz CT molecular complexity index is 1130. The lowest BCUT2D eigenvalue weighted by Crippen LogP contribution is -2.20. The highest BCUT2D eigenvalue weighted by atomic mass is 32.2. The minimum Gasteiger partial charge on any atom is -0.491 e. The number of ether oxygens (including phenoxy) is 1. The van der Waals surface area contributed by atoms with E-state index in [1.807, 2.05) is 56.3 Å². The van der Waals surface area contributed by atoms with Gasteiger partial charge in [-0.15, -0.1) is 10.2 Å². The number of aromatic nitrogens is 4. The van der Waals surface area contributed by atoms with E-state index >= 15 is 0 Å². The van der Waals surface area contributed by atoms with E-state index in [0.717, 1.165) is 39.0 Å². The molecule has 1 N–H and O–H groups in total. The minimum absolute atomic E-state index is 0.220. The number of aliphatic hydroxyl groups excluding tert-OH is 1. The zero-order valence-corrected chi connectivity index (χ0v) is 19.0. The zero-order valence-electron chi connectivity index (χ0n) is 18.2. The van der Waals surface area contributed by atoms with Gasteiger partial charge in [0.25, 0.3) is 0 Å². The van der Waals surface area contributed by atoms with Crippen LogP contribution in [0.3, 0.4) is 0 Å². The van der Waals surface area contributed by atoms with Crippen LogP contribution < -0.4 is 4.74 Å². The second kappa shape index (κ2) is 10.4. The fraction of sp³-hybridized carbons (Fsp3) is 0.240. The molecule has 0 spiro atoms. The third-order valence-electron chi connectivity index (χ3n) is 4.86. The summed E-state index contributed by atoms with van der Waals surface area (Å²) in [4.78, 5) is 4.21. The van der Waals surface area contributed by atoms with E-state index in [4.69, 9.17) is 4.74 Å². The molecule has 7 heteroatoms. The van der Waals surface area contributed by atoms with Gasteiger partial charge in [-0.1, -0.05) is 48.2 Å². The number of thioether (sulfide) groups is 1. The lowest BCUT2D eigenvalue weighted by atomic mass is 10.1. The Kier molecular flexibility index (Phi) is 7.19.